The normalized spacial score (nSPS) is 26.2. The van der Waals surface area contributed by atoms with Crippen molar-refractivity contribution >= 4 is 19.0 Å². The van der Waals surface area contributed by atoms with Crippen LogP contribution in [0.1, 0.15) is 6.23 Å². The molecule has 2 aromatic rings. The summed E-state index contributed by atoms with van der Waals surface area (Å²) in [5.41, 5.74) is -0.397. The third-order valence-corrected chi connectivity index (χ3v) is 3.84. The molecule has 0 bridgehead atoms. The number of aliphatic hydroxyl groups excluding tert-OH is 2. The van der Waals surface area contributed by atoms with Crippen LogP contribution in [0.5, 0.6) is 0 Å². The maximum absolute atomic E-state index is 11.6. The Morgan fingerprint density at radius 1 is 1.36 bits per heavy atom. The largest absolute Gasteiger partial charge is 2.00 e. The summed E-state index contributed by atoms with van der Waals surface area (Å²) < 4.78 is 21.1. The van der Waals surface area contributed by atoms with E-state index < -0.39 is 44.5 Å². The predicted octanol–water partition coefficient (Wildman–Crippen LogP) is -4.24. The average Bonchev–Trinajstić information content (AvgIpc) is 3.01. The van der Waals surface area contributed by atoms with Gasteiger partial charge in [-0.1, -0.05) is 0 Å². The fourth-order valence-corrected chi connectivity index (χ4v) is 2.64. The number of phosphoric ester groups is 1. The number of imidazole rings is 1. The zero-order valence-corrected chi connectivity index (χ0v) is 15.3. The Morgan fingerprint density at radius 2 is 2.04 bits per heavy atom. The molecule has 1 aliphatic rings. The molecule has 3 rings (SSSR count). The van der Waals surface area contributed by atoms with Crippen molar-refractivity contribution in [3.05, 3.63) is 23.0 Å². The smallest absolute Gasteiger partial charge is 0.790 e. The van der Waals surface area contributed by atoms with Crippen molar-refractivity contribution in [3.8, 4) is 0 Å². The standard InChI is InChI=1S/C10H13N4O8P.H2O.Pt/c15-6-4(1-21-23(18,19)20)22-10(7(6)16)14-3-13-5-8(14)11-2-12-9(5)17;;/h2-4,6-7,10,15-16H,1H2,(H,11,12,17)(H2,18,19,20);1H2;/q;;+2/p-2/t4-,6-,7-,10-;;/m1../s1. The first-order valence-corrected chi connectivity index (χ1v) is 7.82. The number of nitrogens with zero attached hydrogens (tertiary/aromatic N) is 3. The van der Waals surface area contributed by atoms with Gasteiger partial charge in [0.25, 0.3) is 5.56 Å². The van der Waals surface area contributed by atoms with Crippen molar-refractivity contribution in [1.82, 2.24) is 19.5 Å². The summed E-state index contributed by atoms with van der Waals surface area (Å²) in [6.07, 6.45) is -3.11. The number of H-pyrrole nitrogens is 1. The monoisotopic (exact) mass is 559 g/mol. The molecule has 2 aromatic heterocycles. The zero-order chi connectivity index (χ0) is 16.8. The fourth-order valence-electron chi connectivity index (χ4n) is 2.31. The molecule has 1 fully saturated rings. The third-order valence-electron chi connectivity index (χ3n) is 3.37. The van der Waals surface area contributed by atoms with Gasteiger partial charge in [0.15, 0.2) is 17.4 Å². The second kappa shape index (κ2) is 8.12. The Bertz CT molecular complexity index is 822. The predicted molar refractivity (Wildman–Crippen MR) is 71.2 cm³/mol. The van der Waals surface area contributed by atoms with Crippen LogP contribution in [0, 0.1) is 0 Å². The Kier molecular flexibility index (Phi) is 7.16. The van der Waals surface area contributed by atoms with E-state index in [4.69, 9.17) is 4.74 Å². The van der Waals surface area contributed by atoms with Crippen molar-refractivity contribution in [2.24, 2.45) is 0 Å². The minimum Gasteiger partial charge on any atom is -0.790 e. The topological polar surface area (TPSA) is 217 Å². The first-order chi connectivity index (χ1) is 10.8. The Morgan fingerprint density at radius 3 is 2.68 bits per heavy atom. The number of aromatic nitrogens is 4. The number of ether oxygens (including phenoxy) is 1. The molecule has 5 N–H and O–H groups in total. The van der Waals surface area contributed by atoms with Crippen molar-refractivity contribution in [2.45, 2.75) is 24.5 Å². The molecule has 25 heavy (non-hydrogen) atoms. The zero-order valence-electron chi connectivity index (χ0n) is 12.1. The number of nitrogens with one attached hydrogen (secondary N) is 1. The number of rotatable bonds is 4. The summed E-state index contributed by atoms with van der Waals surface area (Å²) in [5, 5.41) is 19.9. The second-order valence-corrected chi connectivity index (χ2v) is 6.00. The molecule has 0 aliphatic carbocycles. The van der Waals surface area contributed by atoms with Gasteiger partial charge in [-0.15, -0.1) is 0 Å². The molecular weight excluding hydrogens is 546 g/mol. The number of hydrogen-bond donors (Lipinski definition) is 3. The van der Waals surface area contributed by atoms with Gasteiger partial charge in [-0.3, -0.25) is 9.36 Å². The van der Waals surface area contributed by atoms with E-state index in [1.807, 2.05) is 0 Å². The third kappa shape index (κ3) is 4.40. The van der Waals surface area contributed by atoms with Gasteiger partial charge < -0.3 is 44.3 Å². The van der Waals surface area contributed by atoms with E-state index in [0.29, 0.717) is 0 Å². The van der Waals surface area contributed by atoms with Crippen LogP contribution in [0.25, 0.3) is 11.2 Å². The molecule has 0 unspecified atom stereocenters. The molecule has 0 saturated carbocycles. The maximum atomic E-state index is 11.6. The van der Waals surface area contributed by atoms with Crippen LogP contribution in [0.3, 0.4) is 0 Å². The molecule has 3 heterocycles. The Balaban J connectivity index is 0.00000156. The minimum atomic E-state index is -5.24. The van der Waals surface area contributed by atoms with Crippen LogP contribution in [0.2, 0.25) is 0 Å². The van der Waals surface area contributed by atoms with Gasteiger partial charge in [0.2, 0.25) is 0 Å². The fraction of sp³-hybridized carbons (Fsp3) is 0.500. The molecule has 0 amide bonds. The summed E-state index contributed by atoms with van der Waals surface area (Å²) in [7, 11) is -5.24. The summed E-state index contributed by atoms with van der Waals surface area (Å²) >= 11 is 0. The molecule has 0 aromatic carbocycles. The van der Waals surface area contributed by atoms with E-state index in [2.05, 4.69) is 19.5 Å². The number of aromatic amines is 1. The quantitative estimate of drug-likeness (QED) is 0.307. The Hall–Kier alpha value is -1.01. The van der Waals surface area contributed by atoms with Crippen molar-refractivity contribution in [3.63, 3.8) is 0 Å². The molecule has 15 heteroatoms. The minimum absolute atomic E-state index is 0. The SMILES string of the molecule is O.O=c1[nH]cnc2c1ncn2[C@@H]1O[C@H](COP(=O)([O-])[O-])[C@@H](O)[C@H]1O.[Pt+2]. The van der Waals surface area contributed by atoms with Gasteiger partial charge in [0.05, 0.1) is 27.1 Å². The van der Waals surface area contributed by atoms with Gasteiger partial charge in [-0.25, -0.2) is 9.97 Å². The van der Waals surface area contributed by atoms with Gasteiger partial charge in [0, 0.05) is 0 Å². The summed E-state index contributed by atoms with van der Waals surface area (Å²) in [6, 6.07) is 0. The maximum Gasteiger partial charge on any atom is 2.00 e. The van der Waals surface area contributed by atoms with Crippen LogP contribution in [0.15, 0.2) is 17.4 Å². The van der Waals surface area contributed by atoms with Crippen LogP contribution in [0.4, 0.5) is 0 Å². The molecule has 1 saturated heterocycles. The first kappa shape index (κ1) is 22.0. The summed E-state index contributed by atoms with van der Waals surface area (Å²) in [5.74, 6) is 0. The molecular formula is C10H13N4O9PPt. The molecule has 0 spiro atoms. The molecule has 142 valence electrons. The summed E-state index contributed by atoms with van der Waals surface area (Å²) in [4.78, 5) is 42.6. The van der Waals surface area contributed by atoms with Gasteiger partial charge in [0.1, 0.15) is 18.3 Å². The van der Waals surface area contributed by atoms with Crippen LogP contribution in [-0.4, -0.2) is 60.1 Å². The molecule has 13 nitrogen and oxygen atoms in total. The van der Waals surface area contributed by atoms with Crippen LogP contribution in [-0.2, 0) is 34.9 Å². The average molecular weight is 559 g/mol. The van der Waals surface area contributed by atoms with Gasteiger partial charge in [-0.2, -0.15) is 0 Å². The van der Waals surface area contributed by atoms with E-state index >= 15 is 0 Å². The van der Waals surface area contributed by atoms with Crippen molar-refractivity contribution in [1.29, 1.82) is 0 Å². The van der Waals surface area contributed by atoms with Gasteiger partial charge >= 0.3 is 21.1 Å². The second-order valence-electron chi connectivity index (χ2n) is 4.84. The number of hydrogen-bond acceptors (Lipinski definition) is 10. The van der Waals surface area contributed by atoms with E-state index in [9.17, 15) is 29.4 Å². The van der Waals surface area contributed by atoms with Crippen molar-refractivity contribution < 1.29 is 60.4 Å². The van der Waals surface area contributed by atoms with Crippen molar-refractivity contribution in [2.75, 3.05) is 6.61 Å². The van der Waals surface area contributed by atoms with E-state index in [0.717, 1.165) is 6.33 Å². The van der Waals surface area contributed by atoms with E-state index in [1.54, 1.807) is 0 Å². The first-order valence-electron chi connectivity index (χ1n) is 6.36. The Labute approximate surface area is 153 Å². The van der Waals surface area contributed by atoms with E-state index in [1.165, 1.54) is 10.9 Å². The molecule has 4 atom stereocenters. The number of fused-ring (bicyclic) bond motifs is 1. The number of aliphatic hydroxyl groups is 2. The number of phosphoric acid groups is 1. The molecule has 0 radical (unpaired) electrons. The van der Waals surface area contributed by atoms with Gasteiger partial charge in [-0.05, 0) is 0 Å². The van der Waals surface area contributed by atoms with Crippen LogP contribution >= 0.6 is 7.82 Å². The summed E-state index contributed by atoms with van der Waals surface area (Å²) in [6.45, 7) is -0.750. The van der Waals surface area contributed by atoms with E-state index in [-0.39, 0.29) is 37.7 Å². The van der Waals surface area contributed by atoms with Crippen LogP contribution < -0.4 is 15.3 Å². The molecule has 1 aliphatic heterocycles.